The van der Waals surface area contributed by atoms with Gasteiger partial charge in [-0.15, -0.1) is 0 Å². The van der Waals surface area contributed by atoms with Crippen LogP contribution in [-0.2, 0) is 20.0 Å². The van der Waals surface area contributed by atoms with Crippen LogP contribution in [0.25, 0.3) is 0 Å². The molecule has 158 valence electrons. The zero-order valence-electron chi connectivity index (χ0n) is 14.9. The summed E-state index contributed by atoms with van der Waals surface area (Å²) >= 11 is 11.9. The van der Waals surface area contributed by atoms with Crippen LogP contribution in [0.4, 0.5) is 8.78 Å². The minimum Gasteiger partial charge on any atom is -0.207 e. The highest BCUT2D eigenvalue weighted by Gasteiger charge is 2.33. The lowest BCUT2D eigenvalue weighted by atomic mass is 10.3. The molecule has 2 aromatic carbocycles. The Morgan fingerprint density at radius 2 is 1.07 bits per heavy atom. The number of sulfonamides is 2. The molecule has 12 heteroatoms. The van der Waals surface area contributed by atoms with Crippen LogP contribution in [0.15, 0.2) is 46.2 Å². The van der Waals surface area contributed by atoms with E-state index >= 15 is 0 Å². The largest absolute Gasteiger partial charge is 0.244 e. The summed E-state index contributed by atoms with van der Waals surface area (Å²) in [4.78, 5) is -0.771. The number of rotatable bonds is 4. The molecule has 29 heavy (non-hydrogen) atoms. The maximum atomic E-state index is 13.5. The first-order valence-corrected chi connectivity index (χ1v) is 12.1. The monoisotopic (exact) mass is 484 g/mol. The molecule has 0 atom stereocenters. The number of benzene rings is 2. The fourth-order valence-corrected chi connectivity index (χ4v) is 6.89. The van der Waals surface area contributed by atoms with E-state index in [0.29, 0.717) is 0 Å². The van der Waals surface area contributed by atoms with Gasteiger partial charge in [0, 0.05) is 26.2 Å². The lowest BCUT2D eigenvalue weighted by molar-refractivity contribution is 0.404. The molecule has 0 saturated carbocycles. The van der Waals surface area contributed by atoms with Gasteiger partial charge in [-0.25, -0.2) is 25.6 Å². The molecule has 6 nitrogen and oxygen atoms in total. The van der Waals surface area contributed by atoms with Gasteiger partial charge in [-0.05, 0) is 42.8 Å². The van der Waals surface area contributed by atoms with E-state index in [1.807, 2.05) is 0 Å². The summed E-state index contributed by atoms with van der Waals surface area (Å²) < 4.78 is 80.7. The van der Waals surface area contributed by atoms with E-state index in [9.17, 15) is 25.6 Å². The molecule has 1 saturated heterocycles. The van der Waals surface area contributed by atoms with Crippen LogP contribution >= 0.6 is 23.2 Å². The zero-order chi connectivity index (χ0) is 21.4. The predicted molar refractivity (Wildman–Crippen MR) is 105 cm³/mol. The molecule has 0 unspecified atom stereocenters. The summed E-state index contributed by atoms with van der Waals surface area (Å²) in [6.07, 6.45) is 0.179. The van der Waals surface area contributed by atoms with Gasteiger partial charge >= 0.3 is 0 Å². The van der Waals surface area contributed by atoms with Crippen LogP contribution in [0.2, 0.25) is 10.0 Å². The van der Waals surface area contributed by atoms with Crippen molar-refractivity contribution < 1.29 is 25.6 Å². The van der Waals surface area contributed by atoms with Gasteiger partial charge in [-0.1, -0.05) is 23.2 Å². The Morgan fingerprint density at radius 1 is 0.690 bits per heavy atom. The van der Waals surface area contributed by atoms with Gasteiger partial charge in [0.15, 0.2) is 0 Å². The van der Waals surface area contributed by atoms with Crippen molar-refractivity contribution >= 4 is 43.2 Å². The van der Waals surface area contributed by atoms with Crippen molar-refractivity contribution in [1.82, 2.24) is 8.61 Å². The Hall–Kier alpha value is -1.30. The van der Waals surface area contributed by atoms with Crippen molar-refractivity contribution in [3.8, 4) is 0 Å². The molecular formula is C17H16Cl2F2N2O4S2. The molecule has 0 aromatic heterocycles. The van der Waals surface area contributed by atoms with Gasteiger partial charge in [0.2, 0.25) is 20.0 Å². The van der Waals surface area contributed by atoms with Crippen LogP contribution in [-0.4, -0.2) is 51.6 Å². The van der Waals surface area contributed by atoms with Gasteiger partial charge in [0.1, 0.15) is 21.4 Å². The molecule has 0 aliphatic carbocycles. The topological polar surface area (TPSA) is 74.8 Å². The number of nitrogens with zero attached hydrogens (tertiary/aromatic N) is 2. The highest BCUT2D eigenvalue weighted by atomic mass is 35.5. The van der Waals surface area contributed by atoms with Gasteiger partial charge < -0.3 is 0 Å². The Labute approximate surface area is 177 Å². The van der Waals surface area contributed by atoms with Crippen molar-refractivity contribution in [2.45, 2.75) is 16.2 Å². The van der Waals surface area contributed by atoms with Crippen LogP contribution in [0, 0.1) is 11.6 Å². The number of hydrogen-bond acceptors (Lipinski definition) is 4. The highest BCUT2D eigenvalue weighted by molar-refractivity contribution is 7.89. The van der Waals surface area contributed by atoms with E-state index in [1.165, 1.54) is 0 Å². The number of hydrogen-bond donors (Lipinski definition) is 0. The predicted octanol–water partition coefficient (Wildman–Crippen LogP) is 3.36. The summed E-state index contributed by atoms with van der Waals surface area (Å²) in [5.41, 5.74) is 0. The summed E-state index contributed by atoms with van der Waals surface area (Å²) in [5.74, 6) is -1.51. The van der Waals surface area contributed by atoms with E-state index in [0.717, 1.165) is 45.0 Å². The number of halogens is 4. The summed E-state index contributed by atoms with van der Waals surface area (Å²) in [7, 11) is -8.27. The average molecular weight is 485 g/mol. The first kappa shape index (κ1) is 22.4. The SMILES string of the molecule is O=S(=O)(c1cc(F)ccc1Cl)N1CCCN(S(=O)(=O)c2cc(F)ccc2Cl)CC1. The quantitative estimate of drug-likeness (QED) is 0.666. The van der Waals surface area contributed by atoms with E-state index in [2.05, 4.69) is 0 Å². The minimum atomic E-state index is -4.13. The lowest BCUT2D eigenvalue weighted by Gasteiger charge is -2.22. The van der Waals surface area contributed by atoms with Gasteiger partial charge in [-0.2, -0.15) is 8.61 Å². The van der Waals surface area contributed by atoms with Crippen molar-refractivity contribution in [3.63, 3.8) is 0 Å². The van der Waals surface area contributed by atoms with E-state index in [1.54, 1.807) is 0 Å². The molecule has 1 aliphatic heterocycles. The van der Waals surface area contributed by atoms with Crippen molar-refractivity contribution in [1.29, 1.82) is 0 Å². The maximum absolute atomic E-state index is 13.5. The van der Waals surface area contributed by atoms with E-state index in [4.69, 9.17) is 23.2 Å². The Bertz CT molecular complexity index is 1050. The van der Waals surface area contributed by atoms with Crippen LogP contribution in [0.5, 0.6) is 0 Å². The normalized spacial score (nSPS) is 17.2. The van der Waals surface area contributed by atoms with Crippen LogP contribution in [0.1, 0.15) is 6.42 Å². The Kier molecular flexibility index (Phi) is 6.52. The van der Waals surface area contributed by atoms with Crippen LogP contribution in [0.3, 0.4) is 0 Å². The first-order chi connectivity index (χ1) is 13.5. The van der Waals surface area contributed by atoms with Gasteiger partial charge in [0.25, 0.3) is 0 Å². The second-order valence-corrected chi connectivity index (χ2v) is 10.9. The fourth-order valence-electron chi connectivity index (χ4n) is 2.98. The molecule has 0 amide bonds. The molecule has 1 aliphatic rings. The summed E-state index contributed by atoms with van der Waals surface area (Å²) in [6, 6.07) is 6.02. The standard InChI is InChI=1S/C17H16Cl2F2N2O4S2/c18-14-4-2-12(20)10-16(14)28(24,25)22-6-1-7-23(9-8-22)29(26,27)17-11-13(21)3-5-15(17)19/h2-5,10-11H,1,6-9H2. The third kappa shape index (κ3) is 4.57. The highest BCUT2D eigenvalue weighted by Crippen LogP contribution is 2.29. The van der Waals surface area contributed by atoms with Crippen molar-refractivity contribution in [2.24, 2.45) is 0 Å². The molecule has 0 radical (unpaired) electrons. The van der Waals surface area contributed by atoms with Crippen LogP contribution < -0.4 is 0 Å². The molecule has 1 fully saturated rings. The molecule has 0 spiro atoms. The molecular weight excluding hydrogens is 469 g/mol. The second-order valence-electron chi connectivity index (χ2n) is 6.31. The second kappa shape index (κ2) is 8.44. The average Bonchev–Trinajstić information content (AvgIpc) is 2.93. The lowest BCUT2D eigenvalue weighted by Crippen LogP contribution is -2.37. The van der Waals surface area contributed by atoms with Gasteiger partial charge in [0.05, 0.1) is 10.0 Å². The minimum absolute atomic E-state index is 0.0120. The molecule has 3 rings (SSSR count). The third-order valence-electron chi connectivity index (χ3n) is 4.44. The molecule has 0 N–H and O–H groups in total. The van der Waals surface area contributed by atoms with Crippen molar-refractivity contribution in [2.75, 3.05) is 26.2 Å². The van der Waals surface area contributed by atoms with E-state index < -0.39 is 31.7 Å². The first-order valence-electron chi connectivity index (χ1n) is 8.44. The maximum Gasteiger partial charge on any atom is 0.244 e. The zero-order valence-corrected chi connectivity index (χ0v) is 18.0. The third-order valence-corrected chi connectivity index (χ3v) is 9.20. The molecule has 2 aromatic rings. The van der Waals surface area contributed by atoms with E-state index in [-0.39, 0.29) is 52.4 Å². The van der Waals surface area contributed by atoms with Gasteiger partial charge in [-0.3, -0.25) is 0 Å². The van der Waals surface area contributed by atoms with Crippen molar-refractivity contribution in [3.05, 3.63) is 58.1 Å². The molecule has 0 bridgehead atoms. The molecule has 1 heterocycles. The Morgan fingerprint density at radius 3 is 1.45 bits per heavy atom. The summed E-state index contributed by atoms with van der Waals surface area (Å²) in [5, 5.41) is -0.265. The Balaban J connectivity index is 1.87. The smallest absolute Gasteiger partial charge is 0.207 e. The fraction of sp³-hybridized carbons (Fsp3) is 0.294. The summed E-state index contributed by atoms with van der Waals surface area (Å²) in [6.45, 7) is -0.334.